The predicted octanol–water partition coefficient (Wildman–Crippen LogP) is 3.37. The molecular weight excluding hydrogens is 237 g/mol. The van der Waals surface area contributed by atoms with Gasteiger partial charge in [0.15, 0.2) is 0 Å². The number of ether oxygens (including phenoxy) is 1. The number of hydrogen-bond donors (Lipinski definition) is 1. The van der Waals surface area contributed by atoms with Crippen LogP contribution in [-0.4, -0.2) is 18.1 Å². The molecule has 17 heavy (non-hydrogen) atoms. The molecular formula is C13H20FNOS. The highest BCUT2D eigenvalue weighted by atomic mass is 32.2. The van der Waals surface area contributed by atoms with Gasteiger partial charge >= 0.3 is 0 Å². The van der Waals surface area contributed by atoms with Gasteiger partial charge in [0.2, 0.25) is 0 Å². The lowest BCUT2D eigenvalue weighted by Gasteiger charge is -2.14. The summed E-state index contributed by atoms with van der Waals surface area (Å²) >= 11 is 1.88. The zero-order chi connectivity index (χ0) is 12.7. The lowest BCUT2D eigenvalue weighted by Crippen LogP contribution is -2.09. The Balaban J connectivity index is 2.53. The standard InChI is InChI=1S/C13H20FNOS/c1-3-17-8-4-7-16-13-9-11(14)5-6-12(13)10(2)15/h5-6,9-10H,3-4,7-8,15H2,1-2H3/t10-/m0/s1. The van der Waals surface area contributed by atoms with E-state index in [0.717, 1.165) is 23.5 Å². The quantitative estimate of drug-likeness (QED) is 0.761. The van der Waals surface area contributed by atoms with Crippen LogP contribution in [0.4, 0.5) is 4.39 Å². The summed E-state index contributed by atoms with van der Waals surface area (Å²) in [6, 6.07) is 4.37. The third kappa shape index (κ3) is 4.96. The van der Waals surface area contributed by atoms with Gasteiger partial charge in [0.1, 0.15) is 11.6 Å². The first-order chi connectivity index (χ1) is 8.15. The number of benzene rings is 1. The fraction of sp³-hybridized carbons (Fsp3) is 0.538. The number of halogens is 1. The van der Waals surface area contributed by atoms with E-state index in [-0.39, 0.29) is 11.9 Å². The van der Waals surface area contributed by atoms with E-state index in [0.29, 0.717) is 12.4 Å². The summed E-state index contributed by atoms with van der Waals surface area (Å²) in [4.78, 5) is 0. The van der Waals surface area contributed by atoms with E-state index in [2.05, 4.69) is 6.92 Å². The molecule has 96 valence electrons. The summed E-state index contributed by atoms with van der Waals surface area (Å²) in [6.07, 6.45) is 0.966. The summed E-state index contributed by atoms with van der Waals surface area (Å²) in [6.45, 7) is 4.61. The second-order valence-electron chi connectivity index (χ2n) is 3.87. The molecule has 2 nitrogen and oxygen atoms in total. The zero-order valence-electron chi connectivity index (χ0n) is 10.4. The molecule has 4 heteroatoms. The van der Waals surface area contributed by atoms with Crippen LogP contribution in [-0.2, 0) is 0 Å². The highest BCUT2D eigenvalue weighted by Crippen LogP contribution is 2.25. The van der Waals surface area contributed by atoms with Crippen LogP contribution in [0.3, 0.4) is 0 Å². The maximum Gasteiger partial charge on any atom is 0.126 e. The summed E-state index contributed by atoms with van der Waals surface area (Å²) in [5, 5.41) is 0. The average Bonchev–Trinajstić information content (AvgIpc) is 2.28. The third-order valence-corrected chi connectivity index (χ3v) is 3.35. The molecule has 0 unspecified atom stereocenters. The summed E-state index contributed by atoms with van der Waals surface area (Å²) in [5.41, 5.74) is 6.67. The molecule has 0 aliphatic rings. The Bertz CT molecular complexity index is 344. The minimum absolute atomic E-state index is 0.143. The normalized spacial score (nSPS) is 12.5. The first kappa shape index (κ1) is 14.3. The number of hydrogen-bond acceptors (Lipinski definition) is 3. The Morgan fingerprint density at radius 1 is 1.47 bits per heavy atom. The molecule has 0 aromatic heterocycles. The van der Waals surface area contributed by atoms with Crippen LogP contribution in [0.15, 0.2) is 18.2 Å². The van der Waals surface area contributed by atoms with Crippen molar-refractivity contribution >= 4 is 11.8 Å². The second kappa shape index (κ2) is 7.56. The van der Waals surface area contributed by atoms with E-state index in [4.69, 9.17) is 10.5 Å². The van der Waals surface area contributed by atoms with Gasteiger partial charge in [0, 0.05) is 17.7 Å². The molecule has 1 aromatic rings. The van der Waals surface area contributed by atoms with Gasteiger partial charge in [-0.25, -0.2) is 4.39 Å². The van der Waals surface area contributed by atoms with E-state index >= 15 is 0 Å². The first-order valence-corrected chi connectivity index (χ1v) is 7.06. The SMILES string of the molecule is CCSCCCOc1cc(F)ccc1[C@H](C)N. The van der Waals surface area contributed by atoms with Crippen molar-refractivity contribution in [3.8, 4) is 5.75 Å². The third-order valence-electron chi connectivity index (χ3n) is 2.36. The van der Waals surface area contributed by atoms with Crippen molar-refractivity contribution in [2.75, 3.05) is 18.1 Å². The molecule has 0 fully saturated rings. The average molecular weight is 257 g/mol. The highest BCUT2D eigenvalue weighted by molar-refractivity contribution is 7.99. The monoisotopic (exact) mass is 257 g/mol. The molecule has 0 saturated heterocycles. The van der Waals surface area contributed by atoms with Crippen molar-refractivity contribution in [3.63, 3.8) is 0 Å². The first-order valence-electron chi connectivity index (χ1n) is 5.90. The second-order valence-corrected chi connectivity index (χ2v) is 5.26. The van der Waals surface area contributed by atoms with Crippen molar-refractivity contribution in [1.29, 1.82) is 0 Å². The van der Waals surface area contributed by atoms with Crippen LogP contribution in [0.5, 0.6) is 5.75 Å². The molecule has 0 aliphatic carbocycles. The Labute approximate surface area is 107 Å². The molecule has 1 rings (SSSR count). The molecule has 1 aromatic carbocycles. The smallest absolute Gasteiger partial charge is 0.126 e. The van der Waals surface area contributed by atoms with Crippen molar-refractivity contribution in [2.24, 2.45) is 5.73 Å². The van der Waals surface area contributed by atoms with Gasteiger partial charge in [-0.2, -0.15) is 11.8 Å². The van der Waals surface area contributed by atoms with Gasteiger partial charge in [0.05, 0.1) is 6.61 Å². The van der Waals surface area contributed by atoms with Gasteiger partial charge in [-0.15, -0.1) is 0 Å². The minimum Gasteiger partial charge on any atom is -0.493 e. The highest BCUT2D eigenvalue weighted by Gasteiger charge is 2.09. The summed E-state index contributed by atoms with van der Waals surface area (Å²) in [7, 11) is 0. The predicted molar refractivity (Wildman–Crippen MR) is 72.1 cm³/mol. The minimum atomic E-state index is -0.285. The zero-order valence-corrected chi connectivity index (χ0v) is 11.2. The number of thioether (sulfide) groups is 1. The molecule has 0 bridgehead atoms. The molecule has 0 spiro atoms. The lowest BCUT2D eigenvalue weighted by atomic mass is 10.1. The van der Waals surface area contributed by atoms with Crippen molar-refractivity contribution in [2.45, 2.75) is 26.3 Å². The van der Waals surface area contributed by atoms with Gasteiger partial charge in [-0.05, 0) is 30.9 Å². The number of rotatable bonds is 7. The molecule has 0 amide bonds. The Kier molecular flexibility index (Phi) is 6.37. The summed E-state index contributed by atoms with van der Waals surface area (Å²) in [5.74, 6) is 2.47. The Morgan fingerprint density at radius 3 is 2.88 bits per heavy atom. The Morgan fingerprint density at radius 2 is 2.24 bits per heavy atom. The van der Waals surface area contributed by atoms with E-state index in [9.17, 15) is 4.39 Å². The van der Waals surface area contributed by atoms with Crippen LogP contribution >= 0.6 is 11.8 Å². The number of nitrogens with two attached hydrogens (primary N) is 1. The molecule has 0 heterocycles. The molecule has 2 N–H and O–H groups in total. The van der Waals surface area contributed by atoms with E-state index < -0.39 is 0 Å². The molecule has 0 aliphatic heterocycles. The van der Waals surface area contributed by atoms with Crippen LogP contribution in [0.25, 0.3) is 0 Å². The van der Waals surface area contributed by atoms with E-state index in [1.54, 1.807) is 6.07 Å². The van der Waals surface area contributed by atoms with Crippen LogP contribution in [0.1, 0.15) is 31.9 Å². The van der Waals surface area contributed by atoms with Crippen LogP contribution < -0.4 is 10.5 Å². The fourth-order valence-electron chi connectivity index (χ4n) is 1.50. The lowest BCUT2D eigenvalue weighted by molar-refractivity contribution is 0.312. The molecule has 0 radical (unpaired) electrons. The van der Waals surface area contributed by atoms with Gasteiger partial charge in [0.25, 0.3) is 0 Å². The summed E-state index contributed by atoms with van der Waals surface area (Å²) < 4.78 is 18.7. The maximum atomic E-state index is 13.1. The van der Waals surface area contributed by atoms with Gasteiger partial charge in [-0.1, -0.05) is 13.0 Å². The van der Waals surface area contributed by atoms with Crippen LogP contribution in [0.2, 0.25) is 0 Å². The topological polar surface area (TPSA) is 35.2 Å². The largest absolute Gasteiger partial charge is 0.493 e. The van der Waals surface area contributed by atoms with Crippen molar-refractivity contribution < 1.29 is 9.13 Å². The maximum absolute atomic E-state index is 13.1. The van der Waals surface area contributed by atoms with E-state index in [1.165, 1.54) is 12.1 Å². The molecule has 0 saturated carbocycles. The Hall–Kier alpha value is -0.740. The van der Waals surface area contributed by atoms with Crippen molar-refractivity contribution in [3.05, 3.63) is 29.6 Å². The fourth-order valence-corrected chi connectivity index (χ4v) is 2.11. The van der Waals surface area contributed by atoms with Crippen LogP contribution in [0, 0.1) is 5.82 Å². The van der Waals surface area contributed by atoms with Gasteiger partial charge < -0.3 is 10.5 Å². The van der Waals surface area contributed by atoms with Gasteiger partial charge in [-0.3, -0.25) is 0 Å². The molecule has 1 atom stereocenters. The van der Waals surface area contributed by atoms with Crippen molar-refractivity contribution in [1.82, 2.24) is 0 Å². The van der Waals surface area contributed by atoms with E-state index in [1.807, 2.05) is 18.7 Å².